The molecule has 1 amide bonds. The molecular weight excluding hydrogens is 451 g/mol. The smallest absolute Gasteiger partial charge is 0.223 e. The number of hydrogen-bond donors (Lipinski definition) is 2. The maximum absolute atomic E-state index is 14.2. The van der Waals surface area contributed by atoms with E-state index in [9.17, 15) is 9.18 Å². The van der Waals surface area contributed by atoms with Crippen molar-refractivity contribution in [2.24, 2.45) is 54.4 Å². The Kier molecular flexibility index (Phi) is 7.98. The van der Waals surface area contributed by atoms with Crippen LogP contribution in [0.1, 0.15) is 90.9 Å². The van der Waals surface area contributed by atoms with E-state index in [0.29, 0.717) is 35.7 Å². The van der Waals surface area contributed by atoms with Gasteiger partial charge in [0.05, 0.1) is 0 Å². The molecule has 8 unspecified atom stereocenters. The standard InChI is InChI=1S/C30H49FN4O/c1-19-6-4-5-7-26(19)24-15-21(18-35-13-12-34(3)30(35)32)16-25(17-24)29(36)33-28(22-8-9-22)23-10-11-27(31)20(2)14-23/h12-13,19-28,32H,4-11,14-18H2,1-3H3,(H,33,36)/t19?,20?,21?,23?,24?,25?,26?,27?,28-/m0/s1. The van der Waals surface area contributed by atoms with Crippen LogP contribution in [0.5, 0.6) is 0 Å². The van der Waals surface area contributed by atoms with E-state index in [1.54, 1.807) is 0 Å². The van der Waals surface area contributed by atoms with E-state index < -0.39 is 6.17 Å². The number of aromatic nitrogens is 2. The van der Waals surface area contributed by atoms with Crippen molar-refractivity contribution in [1.29, 1.82) is 5.41 Å². The van der Waals surface area contributed by atoms with Gasteiger partial charge in [0.1, 0.15) is 6.17 Å². The van der Waals surface area contributed by atoms with Crippen molar-refractivity contribution in [3.63, 3.8) is 0 Å². The highest BCUT2D eigenvalue weighted by molar-refractivity contribution is 5.79. The van der Waals surface area contributed by atoms with E-state index in [0.717, 1.165) is 44.1 Å². The number of rotatable bonds is 7. The summed E-state index contributed by atoms with van der Waals surface area (Å²) in [6, 6.07) is 0.239. The zero-order chi connectivity index (χ0) is 25.4. The first kappa shape index (κ1) is 26.0. The van der Waals surface area contributed by atoms with Crippen LogP contribution in [-0.2, 0) is 18.4 Å². The van der Waals surface area contributed by atoms with Gasteiger partial charge < -0.3 is 14.5 Å². The average Bonchev–Trinajstić information content (AvgIpc) is 3.66. The molecule has 2 N–H and O–H groups in total. The van der Waals surface area contributed by atoms with Gasteiger partial charge in [-0.1, -0.05) is 33.1 Å². The lowest BCUT2D eigenvalue weighted by molar-refractivity contribution is -0.129. The first-order chi connectivity index (χ1) is 17.3. The van der Waals surface area contributed by atoms with Crippen molar-refractivity contribution < 1.29 is 9.18 Å². The molecule has 0 radical (unpaired) electrons. The number of nitrogens with zero attached hydrogens (tertiary/aromatic N) is 2. The van der Waals surface area contributed by atoms with Gasteiger partial charge in [-0.15, -0.1) is 0 Å². The highest BCUT2D eigenvalue weighted by Gasteiger charge is 2.43. The molecule has 0 saturated heterocycles. The topological polar surface area (TPSA) is 62.8 Å². The lowest BCUT2D eigenvalue weighted by Crippen LogP contribution is -2.48. The molecule has 0 bridgehead atoms. The van der Waals surface area contributed by atoms with E-state index in [1.165, 1.54) is 44.9 Å². The molecule has 0 spiro atoms. The van der Waals surface area contributed by atoms with E-state index in [2.05, 4.69) is 16.8 Å². The largest absolute Gasteiger partial charge is 0.353 e. The van der Waals surface area contributed by atoms with Crippen molar-refractivity contribution in [2.75, 3.05) is 0 Å². The Morgan fingerprint density at radius 3 is 2.42 bits per heavy atom. The van der Waals surface area contributed by atoms with Crippen molar-refractivity contribution in [2.45, 2.75) is 110 Å². The summed E-state index contributed by atoms with van der Waals surface area (Å²) in [5.41, 5.74) is 0.538. The molecule has 0 aromatic carbocycles. The Morgan fingerprint density at radius 2 is 1.75 bits per heavy atom. The number of carbonyl (C=O) groups is 1. The molecule has 1 heterocycles. The summed E-state index contributed by atoms with van der Waals surface area (Å²) in [4.78, 5) is 13.9. The third-order valence-corrected chi connectivity index (χ3v) is 10.6. The van der Waals surface area contributed by atoms with E-state index >= 15 is 0 Å². The molecule has 5 nitrogen and oxygen atoms in total. The summed E-state index contributed by atoms with van der Waals surface area (Å²) >= 11 is 0. The van der Waals surface area contributed by atoms with E-state index in [-0.39, 0.29) is 23.8 Å². The van der Waals surface area contributed by atoms with Crippen LogP contribution in [0.25, 0.3) is 0 Å². The van der Waals surface area contributed by atoms with Gasteiger partial charge in [0.2, 0.25) is 11.5 Å². The van der Waals surface area contributed by atoms with Crippen molar-refractivity contribution >= 4 is 5.91 Å². The summed E-state index contributed by atoms with van der Waals surface area (Å²) in [6.45, 7) is 5.32. The molecule has 4 aliphatic carbocycles. The Morgan fingerprint density at radius 1 is 1.00 bits per heavy atom. The van der Waals surface area contributed by atoms with Crippen LogP contribution in [0.2, 0.25) is 0 Å². The molecule has 0 aliphatic heterocycles. The van der Waals surface area contributed by atoms with Gasteiger partial charge in [0.15, 0.2) is 0 Å². The van der Waals surface area contributed by atoms with Gasteiger partial charge in [-0.05, 0) is 99.2 Å². The number of amides is 1. The monoisotopic (exact) mass is 500 g/mol. The summed E-state index contributed by atoms with van der Waals surface area (Å²) in [7, 11) is 1.93. The van der Waals surface area contributed by atoms with Crippen LogP contribution in [0.4, 0.5) is 4.39 Å². The van der Waals surface area contributed by atoms with Gasteiger partial charge in [-0.25, -0.2) is 4.39 Å². The average molecular weight is 501 g/mol. The lowest BCUT2D eigenvalue weighted by atomic mass is 9.64. The summed E-state index contributed by atoms with van der Waals surface area (Å²) in [6.07, 6.45) is 16.7. The first-order valence-electron chi connectivity index (χ1n) is 15.0. The van der Waals surface area contributed by atoms with E-state index in [1.807, 2.05) is 30.9 Å². The second-order valence-corrected chi connectivity index (χ2v) is 13.3. The Hall–Kier alpha value is -1.59. The zero-order valence-electron chi connectivity index (χ0n) is 22.8. The fourth-order valence-electron chi connectivity index (χ4n) is 8.28. The molecule has 4 saturated carbocycles. The lowest BCUT2D eigenvalue weighted by Gasteiger charge is -2.43. The second-order valence-electron chi connectivity index (χ2n) is 13.3. The number of aryl methyl sites for hydroxylation is 1. The van der Waals surface area contributed by atoms with Crippen LogP contribution in [0, 0.1) is 52.8 Å². The maximum Gasteiger partial charge on any atom is 0.223 e. The van der Waals surface area contributed by atoms with E-state index in [4.69, 9.17) is 5.41 Å². The second kappa shape index (κ2) is 11.0. The molecule has 4 fully saturated rings. The third kappa shape index (κ3) is 5.78. The zero-order valence-corrected chi connectivity index (χ0v) is 22.8. The van der Waals surface area contributed by atoms with Gasteiger partial charge in [-0.3, -0.25) is 10.2 Å². The minimum absolute atomic E-state index is 0.0672. The highest BCUT2D eigenvalue weighted by Crippen LogP contribution is 2.46. The SMILES string of the molecule is CC1CC([C@@H](NC(=O)C2CC(Cn3ccn(C)c3=N)CC(C3CCCCC3C)C2)C2CC2)CCC1F. The molecule has 4 aliphatic rings. The highest BCUT2D eigenvalue weighted by atomic mass is 19.1. The molecule has 5 rings (SSSR count). The summed E-state index contributed by atoms with van der Waals surface area (Å²) < 4.78 is 18.1. The van der Waals surface area contributed by atoms with Crippen molar-refractivity contribution in [3.05, 3.63) is 18.0 Å². The van der Waals surface area contributed by atoms with Crippen LogP contribution < -0.4 is 10.9 Å². The minimum atomic E-state index is -0.674. The Bertz CT molecular complexity index is 951. The number of hydrogen-bond acceptors (Lipinski definition) is 2. The predicted molar refractivity (Wildman–Crippen MR) is 141 cm³/mol. The van der Waals surface area contributed by atoms with Gasteiger partial charge in [-0.2, -0.15) is 0 Å². The fourth-order valence-corrected chi connectivity index (χ4v) is 8.28. The quantitative estimate of drug-likeness (QED) is 0.486. The fraction of sp³-hybridized carbons (Fsp3) is 0.867. The number of halogens is 1. The predicted octanol–water partition coefficient (Wildman–Crippen LogP) is 5.83. The van der Waals surface area contributed by atoms with Crippen molar-refractivity contribution in [1.82, 2.24) is 14.5 Å². The summed E-state index contributed by atoms with van der Waals surface area (Å²) in [5.74, 6) is 4.00. The van der Waals surface area contributed by atoms with Crippen LogP contribution in [-0.4, -0.2) is 27.3 Å². The number of imidazole rings is 1. The number of nitrogens with one attached hydrogen (secondary N) is 2. The summed E-state index contributed by atoms with van der Waals surface area (Å²) in [5, 5.41) is 12.0. The molecule has 6 heteroatoms. The molecule has 1 aromatic heterocycles. The van der Waals surface area contributed by atoms with Gasteiger partial charge in [0, 0.05) is 37.9 Å². The minimum Gasteiger partial charge on any atom is -0.353 e. The molecule has 9 atom stereocenters. The normalized spacial score (nSPS) is 38.4. The number of carbonyl (C=O) groups excluding carboxylic acids is 1. The third-order valence-electron chi connectivity index (χ3n) is 10.6. The number of alkyl halides is 1. The van der Waals surface area contributed by atoms with Crippen molar-refractivity contribution in [3.8, 4) is 0 Å². The van der Waals surface area contributed by atoms with Gasteiger partial charge in [0.25, 0.3) is 0 Å². The molecule has 36 heavy (non-hydrogen) atoms. The molecule has 202 valence electrons. The van der Waals surface area contributed by atoms with Gasteiger partial charge >= 0.3 is 0 Å². The Balaban J connectivity index is 1.30. The first-order valence-corrected chi connectivity index (χ1v) is 15.0. The molecule has 1 aromatic rings. The maximum atomic E-state index is 14.2. The Labute approximate surface area is 217 Å². The van der Waals surface area contributed by atoms with Crippen LogP contribution >= 0.6 is 0 Å². The van der Waals surface area contributed by atoms with Crippen LogP contribution in [0.15, 0.2) is 12.4 Å². The molecular formula is C30H49FN4O. The van der Waals surface area contributed by atoms with Crippen LogP contribution in [0.3, 0.4) is 0 Å².